The minimum atomic E-state index is -0.739. The summed E-state index contributed by atoms with van der Waals surface area (Å²) in [7, 11) is 1.64. The van der Waals surface area contributed by atoms with Crippen LogP contribution in [0.5, 0.6) is 5.75 Å². The van der Waals surface area contributed by atoms with E-state index in [2.05, 4.69) is 31.4 Å². The van der Waals surface area contributed by atoms with Crippen molar-refractivity contribution in [2.45, 2.75) is 0 Å². The van der Waals surface area contributed by atoms with Crippen molar-refractivity contribution < 1.29 is 14.3 Å². The molecule has 0 bridgehead atoms. The summed E-state index contributed by atoms with van der Waals surface area (Å²) in [6, 6.07) is 15.2. The second-order valence-electron chi connectivity index (χ2n) is 6.21. The van der Waals surface area contributed by atoms with E-state index in [0.29, 0.717) is 26.2 Å². The van der Waals surface area contributed by atoms with E-state index in [-0.39, 0.29) is 0 Å². The molecule has 0 atom stereocenters. The monoisotopic (exact) mass is 444 g/mol. The predicted molar refractivity (Wildman–Crippen MR) is 112 cm³/mol. The standard InChI is InChI=1S/C20H21BrN4O3/c1-28-18-8-3-2-7-17(18)24-9-11-25(12-10-24)20(27)19(26)23-22-14-15-5-4-6-16(21)13-15/h2-8,13-14H,9-12H2,1H3,(H,23,26)/b22-14+. The van der Waals surface area contributed by atoms with Crippen molar-refractivity contribution in [2.24, 2.45) is 5.10 Å². The van der Waals surface area contributed by atoms with Gasteiger partial charge in [-0.1, -0.05) is 40.2 Å². The summed E-state index contributed by atoms with van der Waals surface area (Å²) in [4.78, 5) is 28.1. The van der Waals surface area contributed by atoms with Crippen LogP contribution in [0.2, 0.25) is 0 Å². The van der Waals surface area contributed by atoms with Gasteiger partial charge in [-0.3, -0.25) is 9.59 Å². The number of anilines is 1. The molecule has 1 saturated heterocycles. The van der Waals surface area contributed by atoms with E-state index in [1.807, 2.05) is 48.5 Å². The average molecular weight is 445 g/mol. The number of methoxy groups -OCH3 is 1. The molecule has 3 rings (SSSR count). The number of rotatable bonds is 4. The Hall–Kier alpha value is -2.87. The number of benzene rings is 2. The van der Waals surface area contributed by atoms with E-state index in [1.54, 1.807) is 7.11 Å². The second kappa shape index (κ2) is 9.36. The van der Waals surface area contributed by atoms with Crippen LogP contribution in [-0.2, 0) is 9.59 Å². The molecule has 1 aliphatic heterocycles. The van der Waals surface area contributed by atoms with E-state index < -0.39 is 11.8 Å². The van der Waals surface area contributed by atoms with Crippen LogP contribution in [-0.4, -0.2) is 56.2 Å². The minimum absolute atomic E-state index is 0.458. The van der Waals surface area contributed by atoms with Crippen molar-refractivity contribution in [1.29, 1.82) is 0 Å². The lowest BCUT2D eigenvalue weighted by atomic mass is 10.2. The maximum absolute atomic E-state index is 12.4. The molecule has 1 N–H and O–H groups in total. The smallest absolute Gasteiger partial charge is 0.329 e. The molecule has 0 aliphatic carbocycles. The molecule has 2 aromatic rings. The summed E-state index contributed by atoms with van der Waals surface area (Å²) in [5.41, 5.74) is 4.10. The first-order chi connectivity index (χ1) is 13.6. The summed E-state index contributed by atoms with van der Waals surface area (Å²) >= 11 is 3.37. The van der Waals surface area contributed by atoms with Gasteiger partial charge in [0.05, 0.1) is 19.0 Å². The first-order valence-electron chi connectivity index (χ1n) is 8.84. The second-order valence-corrected chi connectivity index (χ2v) is 7.12. The van der Waals surface area contributed by atoms with Crippen molar-refractivity contribution >= 4 is 39.6 Å². The van der Waals surface area contributed by atoms with Gasteiger partial charge in [0, 0.05) is 30.7 Å². The van der Waals surface area contributed by atoms with Gasteiger partial charge in [-0.2, -0.15) is 5.10 Å². The summed E-state index contributed by atoms with van der Waals surface area (Å²) in [5.74, 6) is -0.523. The Morgan fingerprint density at radius 3 is 2.57 bits per heavy atom. The molecule has 2 amide bonds. The van der Waals surface area contributed by atoms with Crippen molar-refractivity contribution in [1.82, 2.24) is 10.3 Å². The number of carbonyl (C=O) groups is 2. The molecule has 1 aliphatic rings. The van der Waals surface area contributed by atoms with Crippen LogP contribution in [0.1, 0.15) is 5.56 Å². The Morgan fingerprint density at radius 2 is 1.86 bits per heavy atom. The van der Waals surface area contributed by atoms with E-state index in [9.17, 15) is 9.59 Å². The Morgan fingerprint density at radius 1 is 1.11 bits per heavy atom. The topological polar surface area (TPSA) is 74.2 Å². The van der Waals surface area contributed by atoms with Gasteiger partial charge in [0.25, 0.3) is 0 Å². The molecule has 0 radical (unpaired) electrons. The van der Waals surface area contributed by atoms with E-state index in [4.69, 9.17) is 4.74 Å². The summed E-state index contributed by atoms with van der Waals surface area (Å²) in [5, 5.41) is 3.86. The van der Waals surface area contributed by atoms with Gasteiger partial charge in [-0.05, 0) is 29.8 Å². The zero-order valence-electron chi connectivity index (χ0n) is 15.5. The van der Waals surface area contributed by atoms with Gasteiger partial charge in [0.1, 0.15) is 5.75 Å². The number of ether oxygens (including phenoxy) is 1. The fourth-order valence-corrected chi connectivity index (χ4v) is 3.40. The van der Waals surface area contributed by atoms with Crippen LogP contribution < -0.4 is 15.1 Å². The first-order valence-corrected chi connectivity index (χ1v) is 9.63. The number of nitrogens with one attached hydrogen (secondary N) is 1. The number of hydrogen-bond acceptors (Lipinski definition) is 5. The lowest BCUT2D eigenvalue weighted by molar-refractivity contribution is -0.146. The van der Waals surface area contributed by atoms with E-state index >= 15 is 0 Å². The van der Waals surface area contributed by atoms with Crippen molar-refractivity contribution in [2.75, 3.05) is 38.2 Å². The Balaban J connectivity index is 1.52. The number of hydrazone groups is 1. The molecule has 8 heteroatoms. The molecule has 0 saturated carbocycles. The van der Waals surface area contributed by atoms with Crippen molar-refractivity contribution in [3.05, 3.63) is 58.6 Å². The summed E-state index contributed by atoms with van der Waals surface area (Å²) in [6.07, 6.45) is 1.50. The van der Waals surface area contributed by atoms with E-state index in [1.165, 1.54) is 11.1 Å². The lowest BCUT2D eigenvalue weighted by Crippen LogP contribution is -2.52. The minimum Gasteiger partial charge on any atom is -0.495 e. The predicted octanol–water partition coefficient (Wildman–Crippen LogP) is 2.26. The summed E-state index contributed by atoms with van der Waals surface area (Å²) in [6.45, 7) is 2.17. The first kappa shape index (κ1) is 19.9. The Labute approximate surface area is 172 Å². The van der Waals surface area contributed by atoms with Gasteiger partial charge in [0.15, 0.2) is 0 Å². The zero-order valence-corrected chi connectivity index (χ0v) is 17.1. The lowest BCUT2D eigenvalue weighted by Gasteiger charge is -2.36. The Bertz CT molecular complexity index is 879. The maximum Gasteiger partial charge on any atom is 0.329 e. The molecule has 0 unspecified atom stereocenters. The third-order valence-electron chi connectivity index (χ3n) is 4.42. The van der Waals surface area contributed by atoms with Crippen molar-refractivity contribution in [3.63, 3.8) is 0 Å². The van der Waals surface area contributed by atoms with Gasteiger partial charge in [-0.15, -0.1) is 0 Å². The highest BCUT2D eigenvalue weighted by atomic mass is 79.9. The quantitative estimate of drug-likeness (QED) is 0.445. The normalized spacial score (nSPS) is 14.2. The Kier molecular flexibility index (Phi) is 6.65. The molecule has 1 heterocycles. The van der Waals surface area contributed by atoms with Gasteiger partial charge >= 0.3 is 11.8 Å². The van der Waals surface area contributed by atoms with Gasteiger partial charge in [0.2, 0.25) is 0 Å². The average Bonchev–Trinajstić information content (AvgIpc) is 2.73. The van der Waals surface area contributed by atoms with Crippen LogP contribution in [0, 0.1) is 0 Å². The number of piperazine rings is 1. The molecule has 0 spiro atoms. The number of nitrogens with zero attached hydrogens (tertiary/aromatic N) is 3. The van der Waals surface area contributed by atoms with Crippen molar-refractivity contribution in [3.8, 4) is 5.75 Å². The fraction of sp³-hybridized carbons (Fsp3) is 0.250. The molecule has 146 valence electrons. The van der Waals surface area contributed by atoms with Gasteiger partial charge < -0.3 is 14.5 Å². The molecular formula is C20H21BrN4O3. The third-order valence-corrected chi connectivity index (χ3v) is 4.91. The molecule has 1 fully saturated rings. The number of hydrogen-bond donors (Lipinski definition) is 1. The SMILES string of the molecule is COc1ccccc1N1CCN(C(=O)C(=O)N/N=C/c2cccc(Br)c2)CC1. The van der Waals surface area contributed by atoms with E-state index in [0.717, 1.165) is 21.5 Å². The zero-order chi connectivity index (χ0) is 19.9. The highest BCUT2D eigenvalue weighted by Gasteiger charge is 2.26. The highest BCUT2D eigenvalue weighted by molar-refractivity contribution is 9.10. The number of amides is 2. The molecule has 7 nitrogen and oxygen atoms in total. The fourth-order valence-electron chi connectivity index (χ4n) is 2.99. The van der Waals surface area contributed by atoms with Crippen LogP contribution in [0.15, 0.2) is 58.1 Å². The molecule has 28 heavy (non-hydrogen) atoms. The number of para-hydroxylation sites is 2. The molecule has 0 aromatic heterocycles. The van der Waals surface area contributed by atoms with Crippen LogP contribution in [0.25, 0.3) is 0 Å². The third kappa shape index (κ3) is 4.89. The van der Waals surface area contributed by atoms with Crippen LogP contribution in [0.4, 0.5) is 5.69 Å². The van der Waals surface area contributed by atoms with Gasteiger partial charge in [-0.25, -0.2) is 5.43 Å². The molecular weight excluding hydrogens is 424 g/mol. The number of halogens is 1. The largest absolute Gasteiger partial charge is 0.495 e. The van der Waals surface area contributed by atoms with Crippen LogP contribution >= 0.6 is 15.9 Å². The summed E-state index contributed by atoms with van der Waals surface area (Å²) < 4.78 is 6.30. The maximum atomic E-state index is 12.4. The number of carbonyl (C=O) groups excluding carboxylic acids is 2. The van der Waals surface area contributed by atoms with Crippen LogP contribution in [0.3, 0.4) is 0 Å². The highest BCUT2D eigenvalue weighted by Crippen LogP contribution is 2.28. The molecule has 2 aromatic carbocycles.